The predicted molar refractivity (Wildman–Crippen MR) is 82.5 cm³/mol. The minimum absolute atomic E-state index is 0.0869. The van der Waals surface area contributed by atoms with Crippen molar-refractivity contribution in [3.63, 3.8) is 0 Å². The summed E-state index contributed by atoms with van der Waals surface area (Å²) in [6.45, 7) is 5.65. The van der Waals surface area contributed by atoms with Crippen molar-refractivity contribution in [1.82, 2.24) is 5.32 Å². The molecule has 1 aliphatic rings. The number of hydrogen-bond acceptors (Lipinski definition) is 4. The maximum atomic E-state index is 12.1. The third-order valence-corrected chi connectivity index (χ3v) is 3.37. The van der Waals surface area contributed by atoms with E-state index in [2.05, 4.69) is 5.32 Å². The Hall–Kier alpha value is -1.59. The van der Waals surface area contributed by atoms with Gasteiger partial charge in [-0.1, -0.05) is 23.7 Å². The van der Waals surface area contributed by atoms with Gasteiger partial charge in [0.15, 0.2) is 0 Å². The summed E-state index contributed by atoms with van der Waals surface area (Å²) in [5.41, 5.74) is 0.335. The van der Waals surface area contributed by atoms with Crippen LogP contribution in [0.1, 0.15) is 38.8 Å². The first-order valence-electron chi connectivity index (χ1n) is 7.14. The highest BCUT2D eigenvalue weighted by Crippen LogP contribution is 2.22. The average Bonchev–Trinajstić information content (AvgIpc) is 2.40. The molecule has 1 fully saturated rings. The first-order valence-corrected chi connectivity index (χ1v) is 7.52. The number of morpholine rings is 1. The van der Waals surface area contributed by atoms with Gasteiger partial charge >= 0.3 is 5.97 Å². The van der Waals surface area contributed by atoms with Crippen LogP contribution in [0.5, 0.6) is 0 Å². The average molecular weight is 326 g/mol. The fraction of sp³-hybridized carbons (Fsp3) is 0.500. The molecule has 1 aliphatic heterocycles. The number of halogens is 1. The van der Waals surface area contributed by atoms with Gasteiger partial charge in [0.25, 0.3) is 0 Å². The Morgan fingerprint density at radius 2 is 2.00 bits per heavy atom. The van der Waals surface area contributed by atoms with Crippen molar-refractivity contribution >= 4 is 23.5 Å². The number of carbonyl (C=O) groups is 2. The van der Waals surface area contributed by atoms with E-state index in [9.17, 15) is 9.59 Å². The molecule has 22 heavy (non-hydrogen) atoms. The molecule has 2 unspecified atom stereocenters. The number of esters is 1. The molecule has 0 aliphatic carbocycles. The normalized spacial score (nSPS) is 22.1. The van der Waals surface area contributed by atoms with Crippen LogP contribution in [0.2, 0.25) is 5.02 Å². The zero-order chi connectivity index (χ0) is 16.3. The predicted octanol–water partition coefficient (Wildman–Crippen LogP) is 2.63. The second-order valence-corrected chi connectivity index (χ2v) is 6.66. The van der Waals surface area contributed by atoms with Crippen LogP contribution in [-0.4, -0.2) is 30.2 Å². The fourth-order valence-electron chi connectivity index (χ4n) is 2.16. The smallest absolute Gasteiger partial charge is 0.309 e. The molecule has 0 radical (unpaired) electrons. The minimum Gasteiger partial charge on any atom is -0.460 e. The van der Waals surface area contributed by atoms with Gasteiger partial charge in [-0.2, -0.15) is 0 Å². The number of nitrogens with one attached hydrogen (secondary N) is 1. The second kappa shape index (κ2) is 6.67. The maximum absolute atomic E-state index is 12.1. The van der Waals surface area contributed by atoms with Crippen LogP contribution in [0.25, 0.3) is 0 Å². The molecular weight excluding hydrogens is 306 g/mol. The summed E-state index contributed by atoms with van der Waals surface area (Å²) in [5.74, 6) is -0.755. The molecule has 0 bridgehead atoms. The lowest BCUT2D eigenvalue weighted by atomic mass is 10.0. The van der Waals surface area contributed by atoms with Gasteiger partial charge in [-0.05, 0) is 38.5 Å². The number of amides is 1. The molecule has 1 aromatic rings. The van der Waals surface area contributed by atoms with E-state index in [4.69, 9.17) is 21.1 Å². The Labute approximate surface area is 134 Å². The standard InChI is InChI=1S/C16H20ClNO4/c1-16(2,3)22-14(19)8-13-15(20)18-12(9-21-13)10-4-6-11(17)7-5-10/h4-7,12-13H,8-9H2,1-3H3,(H,18,20). The Kier molecular flexibility index (Phi) is 5.08. The number of hydrogen-bond donors (Lipinski definition) is 1. The van der Waals surface area contributed by atoms with Crippen molar-refractivity contribution in [3.05, 3.63) is 34.9 Å². The van der Waals surface area contributed by atoms with Crippen LogP contribution >= 0.6 is 11.6 Å². The number of carbonyl (C=O) groups excluding carboxylic acids is 2. The van der Waals surface area contributed by atoms with Gasteiger partial charge < -0.3 is 14.8 Å². The molecule has 1 aromatic carbocycles. The fourth-order valence-corrected chi connectivity index (χ4v) is 2.28. The largest absolute Gasteiger partial charge is 0.460 e. The Morgan fingerprint density at radius 1 is 1.36 bits per heavy atom. The molecule has 1 heterocycles. The van der Waals surface area contributed by atoms with Crippen molar-refractivity contribution < 1.29 is 19.1 Å². The van der Waals surface area contributed by atoms with Crippen molar-refractivity contribution in [2.24, 2.45) is 0 Å². The summed E-state index contributed by atoms with van der Waals surface area (Å²) in [7, 11) is 0. The molecule has 2 rings (SSSR count). The van der Waals surface area contributed by atoms with Crippen LogP contribution in [0.15, 0.2) is 24.3 Å². The number of benzene rings is 1. The highest BCUT2D eigenvalue weighted by atomic mass is 35.5. The lowest BCUT2D eigenvalue weighted by Crippen LogP contribution is -2.47. The molecule has 0 saturated carbocycles. The van der Waals surface area contributed by atoms with Gasteiger partial charge in [-0.15, -0.1) is 0 Å². The van der Waals surface area contributed by atoms with Crippen molar-refractivity contribution in [1.29, 1.82) is 0 Å². The van der Waals surface area contributed by atoms with Gasteiger partial charge in [0.1, 0.15) is 11.7 Å². The van der Waals surface area contributed by atoms with Gasteiger partial charge in [-0.25, -0.2) is 0 Å². The monoisotopic (exact) mass is 325 g/mol. The van der Waals surface area contributed by atoms with Crippen LogP contribution in [0.4, 0.5) is 0 Å². The minimum atomic E-state index is -0.807. The number of rotatable bonds is 3. The zero-order valence-electron chi connectivity index (χ0n) is 12.9. The molecule has 120 valence electrons. The van der Waals surface area contributed by atoms with E-state index in [0.29, 0.717) is 11.6 Å². The van der Waals surface area contributed by atoms with Crippen molar-refractivity contribution in [3.8, 4) is 0 Å². The lowest BCUT2D eigenvalue weighted by Gasteiger charge is -2.30. The van der Waals surface area contributed by atoms with Crippen LogP contribution in [0, 0.1) is 0 Å². The van der Waals surface area contributed by atoms with E-state index in [-0.39, 0.29) is 18.4 Å². The van der Waals surface area contributed by atoms with Gasteiger partial charge in [-0.3, -0.25) is 9.59 Å². The summed E-state index contributed by atoms with van der Waals surface area (Å²) >= 11 is 5.84. The summed E-state index contributed by atoms with van der Waals surface area (Å²) in [5, 5.41) is 3.49. The van der Waals surface area contributed by atoms with Crippen molar-refractivity contribution in [2.75, 3.05) is 6.61 Å². The second-order valence-electron chi connectivity index (χ2n) is 6.23. The first kappa shape index (κ1) is 16.8. The molecule has 5 nitrogen and oxygen atoms in total. The highest BCUT2D eigenvalue weighted by Gasteiger charge is 2.32. The van der Waals surface area contributed by atoms with E-state index in [0.717, 1.165) is 5.56 Å². The van der Waals surface area contributed by atoms with E-state index in [1.165, 1.54) is 0 Å². The molecule has 2 atom stereocenters. The third-order valence-electron chi connectivity index (χ3n) is 3.12. The van der Waals surface area contributed by atoms with E-state index < -0.39 is 17.7 Å². The zero-order valence-corrected chi connectivity index (χ0v) is 13.6. The van der Waals surface area contributed by atoms with E-state index in [1.807, 2.05) is 12.1 Å². The molecule has 0 spiro atoms. The number of ether oxygens (including phenoxy) is 2. The highest BCUT2D eigenvalue weighted by molar-refractivity contribution is 6.30. The van der Waals surface area contributed by atoms with Gasteiger partial charge in [0.05, 0.1) is 19.1 Å². The molecule has 0 aromatic heterocycles. The molecule has 1 N–H and O–H groups in total. The molecule has 1 saturated heterocycles. The topological polar surface area (TPSA) is 64.6 Å². The first-order chi connectivity index (χ1) is 10.2. The van der Waals surface area contributed by atoms with Crippen molar-refractivity contribution in [2.45, 2.75) is 44.9 Å². The van der Waals surface area contributed by atoms with E-state index in [1.54, 1.807) is 32.9 Å². The Morgan fingerprint density at radius 3 is 2.55 bits per heavy atom. The molecular formula is C16H20ClNO4. The summed E-state index contributed by atoms with van der Waals surface area (Å²) in [6.07, 6.45) is -0.894. The molecule has 6 heteroatoms. The van der Waals surface area contributed by atoms with Gasteiger partial charge in [0, 0.05) is 5.02 Å². The lowest BCUT2D eigenvalue weighted by molar-refractivity contribution is -0.163. The Balaban J connectivity index is 1.91. The quantitative estimate of drug-likeness (QED) is 0.868. The van der Waals surface area contributed by atoms with Crippen LogP contribution in [-0.2, 0) is 19.1 Å². The van der Waals surface area contributed by atoms with Gasteiger partial charge in [0.2, 0.25) is 5.91 Å². The summed E-state index contributed by atoms with van der Waals surface area (Å²) in [4.78, 5) is 23.8. The van der Waals surface area contributed by atoms with E-state index >= 15 is 0 Å². The summed E-state index contributed by atoms with van der Waals surface area (Å²) < 4.78 is 10.7. The SMILES string of the molecule is CC(C)(C)OC(=O)CC1OCC(c2ccc(Cl)cc2)NC1=O. The maximum Gasteiger partial charge on any atom is 0.309 e. The Bertz CT molecular complexity index is 550. The van der Waals surface area contributed by atoms with Crippen LogP contribution in [0.3, 0.4) is 0 Å². The molecule has 1 amide bonds. The third kappa shape index (κ3) is 4.71. The van der Waals surface area contributed by atoms with Crippen LogP contribution < -0.4 is 5.32 Å². The summed E-state index contributed by atoms with van der Waals surface area (Å²) in [6, 6.07) is 6.96.